The fourth-order valence-electron chi connectivity index (χ4n) is 3.29. The maximum atomic E-state index is 12.8. The first kappa shape index (κ1) is 16.3. The van der Waals surface area contributed by atoms with Crippen LogP contribution in [0.4, 0.5) is 0 Å². The number of carbonyl (C=O) groups is 1. The van der Waals surface area contributed by atoms with E-state index in [1.54, 1.807) is 11.0 Å². The number of likely N-dealkylation sites (tertiary alicyclic amines) is 1. The van der Waals surface area contributed by atoms with E-state index >= 15 is 0 Å². The lowest BCUT2D eigenvalue weighted by Gasteiger charge is -2.31. The molecule has 1 aliphatic rings. The Labute approximate surface area is 149 Å². The number of amides is 1. The first-order valence-corrected chi connectivity index (χ1v) is 8.57. The molecule has 1 aromatic carbocycles. The van der Waals surface area contributed by atoms with Crippen molar-refractivity contribution in [1.29, 1.82) is 0 Å². The molecule has 1 fully saturated rings. The van der Waals surface area contributed by atoms with Crippen molar-refractivity contribution in [3.05, 3.63) is 70.6 Å². The lowest BCUT2D eigenvalue weighted by molar-refractivity contribution is 0.0664. The van der Waals surface area contributed by atoms with Crippen molar-refractivity contribution in [2.75, 3.05) is 13.1 Å². The van der Waals surface area contributed by atoms with Gasteiger partial charge in [0.25, 0.3) is 11.5 Å². The van der Waals surface area contributed by atoms with Crippen molar-refractivity contribution in [1.82, 2.24) is 20.0 Å². The normalized spacial score (nSPS) is 17.2. The van der Waals surface area contributed by atoms with E-state index in [0.717, 1.165) is 18.4 Å². The average molecular weight is 350 g/mol. The standard InChI is InChI=1S/C19H18N4O3/c24-18-10-15(20-12-21-18)14-7-4-8-23(11-14)19(25)17-9-16(22-26-17)13-5-2-1-3-6-13/h1-3,5-6,9-10,12,14H,4,7-8,11H2,(H,20,21,24)/t14-/m0/s1. The Balaban J connectivity index is 1.51. The van der Waals surface area contributed by atoms with Crippen LogP contribution in [0.5, 0.6) is 0 Å². The number of hydrogen-bond acceptors (Lipinski definition) is 5. The molecule has 0 unspecified atom stereocenters. The molecule has 3 aromatic rings. The van der Waals surface area contributed by atoms with Gasteiger partial charge in [0.15, 0.2) is 0 Å². The Morgan fingerprint density at radius 1 is 1.23 bits per heavy atom. The van der Waals surface area contributed by atoms with E-state index in [4.69, 9.17) is 4.52 Å². The highest BCUT2D eigenvalue weighted by Gasteiger charge is 2.28. The molecule has 132 valence electrons. The van der Waals surface area contributed by atoms with Gasteiger partial charge in [0.2, 0.25) is 5.76 Å². The van der Waals surface area contributed by atoms with Gasteiger partial charge in [0.05, 0.1) is 12.0 Å². The van der Waals surface area contributed by atoms with E-state index < -0.39 is 0 Å². The second-order valence-corrected chi connectivity index (χ2v) is 6.37. The highest BCUT2D eigenvalue weighted by molar-refractivity contribution is 5.92. The van der Waals surface area contributed by atoms with E-state index in [-0.39, 0.29) is 23.1 Å². The lowest BCUT2D eigenvalue weighted by Crippen LogP contribution is -2.39. The molecule has 1 amide bonds. The fourth-order valence-corrected chi connectivity index (χ4v) is 3.29. The van der Waals surface area contributed by atoms with Crippen molar-refractivity contribution < 1.29 is 9.32 Å². The smallest absolute Gasteiger partial charge is 0.292 e. The Bertz CT molecular complexity index is 964. The van der Waals surface area contributed by atoms with Crippen LogP contribution in [0.15, 0.2) is 58.1 Å². The molecule has 0 bridgehead atoms. The van der Waals surface area contributed by atoms with Gasteiger partial charge in [-0.3, -0.25) is 9.59 Å². The van der Waals surface area contributed by atoms with Crippen molar-refractivity contribution in [2.45, 2.75) is 18.8 Å². The van der Waals surface area contributed by atoms with Gasteiger partial charge in [-0.05, 0) is 12.8 Å². The summed E-state index contributed by atoms with van der Waals surface area (Å²) in [6.07, 6.45) is 3.15. The number of aromatic nitrogens is 3. The molecule has 26 heavy (non-hydrogen) atoms. The summed E-state index contributed by atoms with van der Waals surface area (Å²) >= 11 is 0. The molecule has 4 rings (SSSR count). The highest BCUT2D eigenvalue weighted by Crippen LogP contribution is 2.26. The third kappa shape index (κ3) is 3.28. The minimum absolute atomic E-state index is 0.0477. The maximum absolute atomic E-state index is 12.8. The monoisotopic (exact) mass is 350 g/mol. The summed E-state index contributed by atoms with van der Waals surface area (Å²) < 4.78 is 5.28. The quantitative estimate of drug-likeness (QED) is 0.783. The van der Waals surface area contributed by atoms with Gasteiger partial charge >= 0.3 is 0 Å². The van der Waals surface area contributed by atoms with Gasteiger partial charge in [-0.2, -0.15) is 0 Å². The predicted octanol–water partition coefficient (Wildman–Crippen LogP) is 2.44. The van der Waals surface area contributed by atoms with Gasteiger partial charge < -0.3 is 14.4 Å². The number of hydrogen-bond donors (Lipinski definition) is 1. The minimum atomic E-state index is -0.186. The first-order valence-electron chi connectivity index (χ1n) is 8.57. The molecule has 2 aromatic heterocycles. The molecule has 0 aliphatic carbocycles. The van der Waals surface area contributed by atoms with Crippen LogP contribution in [-0.2, 0) is 0 Å². The van der Waals surface area contributed by atoms with Crippen LogP contribution < -0.4 is 5.56 Å². The number of H-pyrrole nitrogens is 1. The molecule has 1 aliphatic heterocycles. The molecule has 1 N–H and O–H groups in total. The van der Waals surface area contributed by atoms with Gasteiger partial charge in [0, 0.05) is 36.7 Å². The molecule has 0 saturated carbocycles. The molecule has 3 heterocycles. The van der Waals surface area contributed by atoms with Crippen molar-refractivity contribution >= 4 is 5.91 Å². The Hall–Kier alpha value is -3.22. The van der Waals surface area contributed by atoms with Crippen LogP contribution >= 0.6 is 0 Å². The van der Waals surface area contributed by atoms with E-state index in [0.29, 0.717) is 24.5 Å². The summed E-state index contributed by atoms with van der Waals surface area (Å²) in [7, 11) is 0. The van der Waals surface area contributed by atoms with Crippen LogP contribution in [0.1, 0.15) is 35.0 Å². The number of piperidine rings is 1. The molecule has 7 nitrogen and oxygen atoms in total. The Morgan fingerprint density at radius 2 is 2.08 bits per heavy atom. The molecule has 0 spiro atoms. The first-order chi connectivity index (χ1) is 12.7. The van der Waals surface area contributed by atoms with E-state index in [9.17, 15) is 9.59 Å². The average Bonchev–Trinajstić information content (AvgIpc) is 3.18. The largest absolute Gasteiger partial charge is 0.350 e. The lowest BCUT2D eigenvalue weighted by atomic mass is 9.94. The summed E-state index contributed by atoms with van der Waals surface area (Å²) in [6.45, 7) is 1.16. The van der Waals surface area contributed by atoms with Gasteiger partial charge in [0.1, 0.15) is 5.69 Å². The summed E-state index contributed by atoms with van der Waals surface area (Å²) in [4.78, 5) is 32.8. The van der Waals surface area contributed by atoms with Gasteiger partial charge in [-0.25, -0.2) is 4.98 Å². The van der Waals surface area contributed by atoms with Crippen molar-refractivity contribution in [3.8, 4) is 11.3 Å². The van der Waals surface area contributed by atoms with Gasteiger partial charge in [-0.1, -0.05) is 35.5 Å². The van der Waals surface area contributed by atoms with Crippen LogP contribution in [0, 0.1) is 0 Å². The zero-order valence-corrected chi connectivity index (χ0v) is 14.1. The van der Waals surface area contributed by atoms with Crippen LogP contribution in [0.3, 0.4) is 0 Å². The molecular formula is C19H18N4O3. The zero-order chi connectivity index (χ0) is 17.9. The number of nitrogens with one attached hydrogen (secondary N) is 1. The van der Waals surface area contributed by atoms with Crippen LogP contribution in [0.2, 0.25) is 0 Å². The summed E-state index contributed by atoms with van der Waals surface area (Å²) in [5.41, 5.74) is 2.08. The predicted molar refractivity (Wildman–Crippen MR) is 94.7 cm³/mol. The minimum Gasteiger partial charge on any atom is -0.350 e. The number of aromatic amines is 1. The SMILES string of the molecule is O=C(c1cc(-c2ccccc2)no1)N1CCC[C@H](c2cc(=O)[nH]cn2)C1. The number of nitrogens with zero attached hydrogens (tertiary/aromatic N) is 3. The summed E-state index contributed by atoms with van der Waals surface area (Å²) in [5, 5.41) is 4.01. The maximum Gasteiger partial charge on any atom is 0.292 e. The Kier molecular flexibility index (Phi) is 4.35. The summed E-state index contributed by atoms with van der Waals surface area (Å²) in [5.74, 6) is 0.0871. The number of rotatable bonds is 3. The molecular weight excluding hydrogens is 332 g/mol. The van der Waals surface area contributed by atoms with Gasteiger partial charge in [-0.15, -0.1) is 0 Å². The highest BCUT2D eigenvalue weighted by atomic mass is 16.5. The molecule has 7 heteroatoms. The fraction of sp³-hybridized carbons (Fsp3) is 0.263. The van der Waals surface area contributed by atoms with E-state index in [2.05, 4.69) is 15.1 Å². The van der Waals surface area contributed by atoms with E-state index in [1.165, 1.54) is 12.4 Å². The second kappa shape index (κ2) is 6.95. The topological polar surface area (TPSA) is 92.1 Å². The summed E-state index contributed by atoms with van der Waals surface area (Å²) in [6, 6.07) is 12.8. The third-order valence-corrected chi connectivity index (χ3v) is 4.62. The second-order valence-electron chi connectivity index (χ2n) is 6.37. The van der Waals surface area contributed by atoms with E-state index in [1.807, 2.05) is 30.3 Å². The van der Waals surface area contributed by atoms with Crippen molar-refractivity contribution in [2.24, 2.45) is 0 Å². The number of benzene rings is 1. The molecule has 1 saturated heterocycles. The number of carbonyl (C=O) groups excluding carboxylic acids is 1. The Morgan fingerprint density at radius 3 is 2.88 bits per heavy atom. The van der Waals surface area contributed by atoms with Crippen molar-refractivity contribution in [3.63, 3.8) is 0 Å². The molecule has 1 atom stereocenters. The zero-order valence-electron chi connectivity index (χ0n) is 14.1. The third-order valence-electron chi connectivity index (χ3n) is 4.62. The van der Waals surface area contributed by atoms with Crippen LogP contribution in [0.25, 0.3) is 11.3 Å². The van der Waals surface area contributed by atoms with Crippen LogP contribution in [-0.4, -0.2) is 39.0 Å². The molecule has 0 radical (unpaired) electrons.